The summed E-state index contributed by atoms with van der Waals surface area (Å²) in [7, 11) is 0. The van der Waals surface area contributed by atoms with Crippen LogP contribution in [0.1, 0.15) is 0 Å². The van der Waals surface area contributed by atoms with Gasteiger partial charge in [-0.25, -0.2) is 9.97 Å². The summed E-state index contributed by atoms with van der Waals surface area (Å²) in [5.41, 5.74) is 12.0. The zero-order valence-corrected chi connectivity index (χ0v) is 33.9. The van der Waals surface area contributed by atoms with E-state index < -0.39 is 0 Å². The summed E-state index contributed by atoms with van der Waals surface area (Å²) < 4.78 is 2.63. The molecule has 0 aliphatic carbocycles. The molecule has 0 atom stereocenters. The first-order valence-corrected chi connectivity index (χ1v) is 21.5. The van der Waals surface area contributed by atoms with E-state index in [0.717, 1.165) is 33.6 Å². The molecule has 0 amide bonds. The van der Waals surface area contributed by atoms with Gasteiger partial charge >= 0.3 is 0 Å². The van der Waals surface area contributed by atoms with Crippen LogP contribution in [0, 0.1) is 0 Å². The van der Waals surface area contributed by atoms with Crippen LogP contribution in [-0.2, 0) is 0 Å². The Hall–Kier alpha value is -7.72. The lowest BCUT2D eigenvalue weighted by molar-refractivity contribution is 1.18. The molecule has 0 unspecified atom stereocenters. The van der Waals surface area contributed by atoms with Crippen molar-refractivity contribution in [1.29, 1.82) is 0 Å². The third-order valence-electron chi connectivity index (χ3n) is 12.1. The Bertz CT molecular complexity index is 3610. The summed E-state index contributed by atoms with van der Waals surface area (Å²) >= 11 is 1.86. The van der Waals surface area contributed by atoms with E-state index in [1.54, 1.807) is 0 Å². The highest BCUT2D eigenvalue weighted by molar-refractivity contribution is 7.26. The Morgan fingerprint density at radius 3 is 1.61 bits per heavy atom. The van der Waals surface area contributed by atoms with E-state index in [0.29, 0.717) is 5.82 Å². The topological polar surface area (TPSA) is 25.8 Å². The molecule has 0 saturated carbocycles. The number of thiophene rings is 1. The second-order valence-corrected chi connectivity index (χ2v) is 16.7. The molecule has 0 bridgehead atoms. The van der Waals surface area contributed by atoms with Crippen LogP contribution in [0.25, 0.3) is 120 Å². The molecule has 12 rings (SSSR count). The maximum Gasteiger partial charge on any atom is 0.160 e. The van der Waals surface area contributed by atoms with Gasteiger partial charge in [-0.2, -0.15) is 0 Å². The highest BCUT2D eigenvalue weighted by Gasteiger charge is 2.16. The van der Waals surface area contributed by atoms with Gasteiger partial charge in [0.25, 0.3) is 0 Å². The van der Waals surface area contributed by atoms with Gasteiger partial charge in [0, 0.05) is 36.9 Å². The van der Waals surface area contributed by atoms with E-state index in [4.69, 9.17) is 9.97 Å². The second kappa shape index (κ2) is 14.5. The lowest BCUT2D eigenvalue weighted by atomic mass is 9.89. The van der Waals surface area contributed by atoms with Gasteiger partial charge in [0.05, 0.1) is 11.4 Å². The van der Waals surface area contributed by atoms with Gasteiger partial charge in [-0.05, 0) is 83.9 Å². The van der Waals surface area contributed by atoms with Crippen molar-refractivity contribution in [2.45, 2.75) is 0 Å². The molecular formula is C58H36N2S. The molecule has 0 fully saturated rings. The third kappa shape index (κ3) is 6.18. The Kier molecular flexibility index (Phi) is 8.39. The minimum absolute atomic E-state index is 0.694. The Morgan fingerprint density at radius 2 is 0.852 bits per heavy atom. The Labute approximate surface area is 357 Å². The molecule has 2 aromatic heterocycles. The predicted octanol–water partition coefficient (Wildman–Crippen LogP) is 16.3. The number of hydrogen-bond acceptors (Lipinski definition) is 3. The first kappa shape index (κ1) is 35.2. The average molecular weight is 793 g/mol. The van der Waals surface area contributed by atoms with Gasteiger partial charge in [0.2, 0.25) is 0 Å². The van der Waals surface area contributed by atoms with Crippen molar-refractivity contribution in [2.24, 2.45) is 0 Å². The van der Waals surface area contributed by atoms with Crippen molar-refractivity contribution in [3.8, 4) is 67.3 Å². The highest BCUT2D eigenvalue weighted by atomic mass is 32.1. The molecular weight excluding hydrogens is 757 g/mol. The first-order valence-electron chi connectivity index (χ1n) is 20.7. The van der Waals surface area contributed by atoms with Crippen molar-refractivity contribution in [2.75, 3.05) is 0 Å². The quantitative estimate of drug-likeness (QED) is 0.124. The third-order valence-corrected chi connectivity index (χ3v) is 13.3. The van der Waals surface area contributed by atoms with Crippen LogP contribution in [0.3, 0.4) is 0 Å². The van der Waals surface area contributed by atoms with Crippen LogP contribution in [0.15, 0.2) is 218 Å². The molecule has 0 N–H and O–H groups in total. The SMILES string of the molecule is c1ccc(-c2ccc(-c3cc(-c4ccc(-c5cccc6c5sc5ccccc56)cc4)nc(-c4ccc(-c5c6ccccc6cc6c5ccc5ccccc56)cc4)n3)cc2)cc1. The van der Waals surface area contributed by atoms with Crippen LogP contribution in [0.5, 0.6) is 0 Å². The Balaban J connectivity index is 0.967. The zero-order chi connectivity index (χ0) is 40.3. The molecule has 3 heteroatoms. The van der Waals surface area contributed by atoms with E-state index in [9.17, 15) is 0 Å². The maximum atomic E-state index is 5.27. The molecule has 2 nitrogen and oxygen atoms in total. The lowest BCUT2D eigenvalue weighted by Gasteiger charge is -2.15. The van der Waals surface area contributed by atoms with Gasteiger partial charge in [0.1, 0.15) is 0 Å². The molecule has 0 spiro atoms. The predicted molar refractivity (Wildman–Crippen MR) is 260 cm³/mol. The Morgan fingerprint density at radius 1 is 0.295 bits per heavy atom. The number of benzene rings is 10. The normalized spacial score (nSPS) is 11.6. The minimum Gasteiger partial charge on any atom is -0.228 e. The number of fused-ring (bicyclic) bond motifs is 7. The number of aromatic nitrogens is 2. The standard InChI is InChI=1S/C58H36N2S/c1-2-11-37(12-3-1)38-21-25-41(26-22-38)53-36-54(42-27-23-40(24-28-42)48-18-10-19-51-49-17-8-9-20-55(49)61-57(48)51)60-58(59-53)44-31-29-43(30-32-44)56-47-16-7-5-14-45(47)35-52-46-15-6-4-13-39(46)33-34-50(52)56/h1-36H. The van der Waals surface area contributed by atoms with E-state index in [1.165, 1.54) is 80.3 Å². The van der Waals surface area contributed by atoms with Gasteiger partial charge in [-0.1, -0.05) is 200 Å². The fraction of sp³-hybridized carbons (Fsp3) is 0. The average Bonchev–Trinajstić information content (AvgIpc) is 3.73. The van der Waals surface area contributed by atoms with Crippen LogP contribution in [-0.4, -0.2) is 9.97 Å². The monoisotopic (exact) mass is 792 g/mol. The number of rotatable bonds is 6. The minimum atomic E-state index is 0.694. The van der Waals surface area contributed by atoms with Crippen molar-refractivity contribution in [1.82, 2.24) is 9.97 Å². The van der Waals surface area contributed by atoms with Gasteiger partial charge in [-0.15, -0.1) is 11.3 Å². The van der Waals surface area contributed by atoms with Crippen molar-refractivity contribution >= 4 is 63.8 Å². The maximum absolute atomic E-state index is 5.27. The molecule has 2 heterocycles. The summed E-state index contributed by atoms with van der Waals surface area (Å²) in [5, 5.41) is 10.1. The van der Waals surface area contributed by atoms with Crippen molar-refractivity contribution < 1.29 is 0 Å². The molecule has 10 aromatic carbocycles. The summed E-state index contributed by atoms with van der Waals surface area (Å²) in [6.07, 6.45) is 0. The zero-order valence-electron chi connectivity index (χ0n) is 33.1. The molecule has 12 aromatic rings. The largest absolute Gasteiger partial charge is 0.228 e. The van der Waals surface area contributed by atoms with E-state index >= 15 is 0 Å². The smallest absolute Gasteiger partial charge is 0.160 e. The van der Waals surface area contributed by atoms with Gasteiger partial charge in [-0.3, -0.25) is 0 Å². The van der Waals surface area contributed by atoms with Gasteiger partial charge < -0.3 is 0 Å². The van der Waals surface area contributed by atoms with Crippen LogP contribution >= 0.6 is 11.3 Å². The summed E-state index contributed by atoms with van der Waals surface area (Å²) in [6.45, 7) is 0. The van der Waals surface area contributed by atoms with Crippen molar-refractivity contribution in [3.63, 3.8) is 0 Å². The lowest BCUT2D eigenvalue weighted by Crippen LogP contribution is -1.96. The van der Waals surface area contributed by atoms with E-state index in [2.05, 4.69) is 218 Å². The van der Waals surface area contributed by atoms with Crippen LogP contribution in [0.2, 0.25) is 0 Å². The fourth-order valence-electron chi connectivity index (χ4n) is 9.05. The van der Waals surface area contributed by atoms with E-state index in [1.807, 2.05) is 11.3 Å². The summed E-state index contributed by atoms with van der Waals surface area (Å²) in [6, 6.07) is 78.6. The highest BCUT2D eigenvalue weighted by Crippen LogP contribution is 2.42. The molecule has 0 aliphatic heterocycles. The molecule has 0 radical (unpaired) electrons. The molecule has 284 valence electrons. The first-order chi connectivity index (χ1) is 30.2. The van der Waals surface area contributed by atoms with Crippen molar-refractivity contribution in [3.05, 3.63) is 218 Å². The van der Waals surface area contributed by atoms with Gasteiger partial charge in [0.15, 0.2) is 5.82 Å². The summed E-state index contributed by atoms with van der Waals surface area (Å²) in [4.78, 5) is 10.5. The fourth-order valence-corrected chi connectivity index (χ4v) is 10.3. The second-order valence-electron chi connectivity index (χ2n) is 15.7. The number of hydrogen-bond donors (Lipinski definition) is 0. The number of nitrogens with zero attached hydrogens (tertiary/aromatic N) is 2. The molecule has 61 heavy (non-hydrogen) atoms. The van der Waals surface area contributed by atoms with Crippen LogP contribution < -0.4 is 0 Å². The molecule has 0 saturated heterocycles. The molecule has 0 aliphatic rings. The summed E-state index contributed by atoms with van der Waals surface area (Å²) in [5.74, 6) is 0.694. The van der Waals surface area contributed by atoms with Crippen LogP contribution in [0.4, 0.5) is 0 Å². The van der Waals surface area contributed by atoms with E-state index in [-0.39, 0.29) is 0 Å².